The van der Waals surface area contributed by atoms with Crippen molar-refractivity contribution in [2.45, 2.75) is 45.3 Å². The zero-order valence-electron chi connectivity index (χ0n) is 10.3. The monoisotopic (exact) mass is 238 g/mol. The van der Waals surface area contributed by atoms with Crippen molar-refractivity contribution in [3.8, 4) is 0 Å². The van der Waals surface area contributed by atoms with Crippen LogP contribution in [0.2, 0.25) is 0 Å². The molecule has 4 nitrogen and oxygen atoms in total. The minimum atomic E-state index is -0.387. The van der Waals surface area contributed by atoms with Gasteiger partial charge in [0.1, 0.15) is 12.2 Å². The quantitative estimate of drug-likeness (QED) is 0.556. The summed E-state index contributed by atoms with van der Waals surface area (Å²) >= 11 is 0. The molecule has 17 heavy (non-hydrogen) atoms. The number of carbonyl (C=O) groups excluding carboxylic acids is 2. The Labute approximate surface area is 101 Å². The van der Waals surface area contributed by atoms with Crippen LogP contribution in [0.1, 0.15) is 33.1 Å². The smallest absolute Gasteiger partial charge is 0.333 e. The van der Waals surface area contributed by atoms with E-state index in [0.29, 0.717) is 30.4 Å². The van der Waals surface area contributed by atoms with Crippen molar-refractivity contribution >= 4 is 11.9 Å². The Balaban J connectivity index is 2.37. The van der Waals surface area contributed by atoms with E-state index in [1.807, 2.05) is 0 Å². The Bertz CT molecular complexity index is 322. The number of ether oxygens (including phenoxy) is 2. The molecule has 0 saturated heterocycles. The average molecular weight is 238 g/mol. The van der Waals surface area contributed by atoms with Gasteiger partial charge in [0.15, 0.2) is 0 Å². The summed E-state index contributed by atoms with van der Waals surface area (Å²) < 4.78 is 10.4. The Morgan fingerprint density at radius 2 is 1.29 bits per heavy atom. The zero-order valence-corrected chi connectivity index (χ0v) is 10.3. The van der Waals surface area contributed by atoms with Crippen LogP contribution in [0.4, 0.5) is 0 Å². The fourth-order valence-electron chi connectivity index (χ4n) is 1.62. The summed E-state index contributed by atoms with van der Waals surface area (Å²) in [7, 11) is 0. The summed E-state index contributed by atoms with van der Waals surface area (Å²) in [5.41, 5.74) is 0.764. The first kappa shape index (κ1) is 13.5. The van der Waals surface area contributed by atoms with Crippen LogP contribution >= 0.6 is 0 Å². The first-order valence-corrected chi connectivity index (χ1v) is 5.63. The highest BCUT2D eigenvalue weighted by atomic mass is 16.6. The van der Waals surface area contributed by atoms with E-state index in [1.165, 1.54) is 0 Å². The van der Waals surface area contributed by atoms with Gasteiger partial charge in [-0.3, -0.25) is 0 Å². The summed E-state index contributed by atoms with van der Waals surface area (Å²) in [5, 5.41) is 0. The van der Waals surface area contributed by atoms with E-state index in [0.717, 1.165) is 0 Å². The zero-order chi connectivity index (χ0) is 13.0. The third-order valence-corrected chi connectivity index (χ3v) is 2.58. The molecule has 0 amide bonds. The molecule has 2 unspecified atom stereocenters. The standard InChI is InChI=1S/C13H18O4/c1-8(2)12(14)16-10-5-6-11(7-10)17-13(15)9(3)4/h10-11H,1,3,5-7H2,2,4H3. The molecule has 4 heteroatoms. The maximum absolute atomic E-state index is 11.3. The van der Waals surface area contributed by atoms with Gasteiger partial charge in [0, 0.05) is 17.6 Å². The SMILES string of the molecule is C=C(C)C(=O)OC1CCC(OC(=O)C(=C)C)C1. The lowest BCUT2D eigenvalue weighted by molar-refractivity contribution is -0.146. The Morgan fingerprint density at radius 3 is 1.59 bits per heavy atom. The molecule has 0 aromatic carbocycles. The van der Waals surface area contributed by atoms with E-state index >= 15 is 0 Å². The van der Waals surface area contributed by atoms with E-state index in [4.69, 9.17) is 9.47 Å². The molecule has 0 N–H and O–H groups in total. The van der Waals surface area contributed by atoms with Crippen molar-refractivity contribution in [2.24, 2.45) is 0 Å². The number of carbonyl (C=O) groups is 2. The van der Waals surface area contributed by atoms with Gasteiger partial charge in [-0.05, 0) is 26.7 Å². The molecule has 1 aliphatic carbocycles. The molecule has 0 spiro atoms. The molecule has 0 heterocycles. The van der Waals surface area contributed by atoms with Gasteiger partial charge in [-0.25, -0.2) is 9.59 Å². The highest BCUT2D eigenvalue weighted by Gasteiger charge is 2.30. The molecule has 0 bridgehead atoms. The van der Waals surface area contributed by atoms with Gasteiger partial charge in [-0.1, -0.05) is 13.2 Å². The second-order valence-corrected chi connectivity index (χ2v) is 4.43. The fourth-order valence-corrected chi connectivity index (χ4v) is 1.62. The van der Waals surface area contributed by atoms with Gasteiger partial charge in [0.25, 0.3) is 0 Å². The van der Waals surface area contributed by atoms with Gasteiger partial charge in [0.05, 0.1) is 0 Å². The van der Waals surface area contributed by atoms with E-state index in [9.17, 15) is 9.59 Å². The highest BCUT2D eigenvalue weighted by Crippen LogP contribution is 2.25. The van der Waals surface area contributed by atoms with Crippen molar-refractivity contribution in [2.75, 3.05) is 0 Å². The largest absolute Gasteiger partial charge is 0.459 e. The molecule has 0 radical (unpaired) electrons. The second kappa shape index (κ2) is 5.66. The summed E-state index contributed by atoms with van der Waals surface area (Å²) in [6.07, 6.45) is 1.63. The number of hydrogen-bond acceptors (Lipinski definition) is 4. The Kier molecular flexibility index (Phi) is 4.49. The average Bonchev–Trinajstić information content (AvgIpc) is 2.65. The summed E-state index contributed by atoms with van der Waals surface area (Å²) in [4.78, 5) is 22.6. The van der Waals surface area contributed by atoms with Gasteiger partial charge >= 0.3 is 11.9 Å². The molecule has 0 aliphatic heterocycles. The van der Waals surface area contributed by atoms with E-state index in [2.05, 4.69) is 13.2 Å². The van der Waals surface area contributed by atoms with Crippen LogP contribution in [0.5, 0.6) is 0 Å². The minimum Gasteiger partial charge on any atom is -0.459 e. The molecule has 1 fully saturated rings. The van der Waals surface area contributed by atoms with Crippen molar-refractivity contribution < 1.29 is 19.1 Å². The third-order valence-electron chi connectivity index (χ3n) is 2.58. The van der Waals surface area contributed by atoms with Crippen molar-refractivity contribution in [3.05, 3.63) is 24.3 Å². The normalized spacial score (nSPS) is 22.9. The maximum atomic E-state index is 11.3. The number of hydrogen-bond donors (Lipinski definition) is 0. The molecule has 1 saturated carbocycles. The molecule has 1 aliphatic rings. The van der Waals surface area contributed by atoms with Gasteiger partial charge in [-0.15, -0.1) is 0 Å². The summed E-state index contributed by atoms with van der Waals surface area (Å²) in [6, 6.07) is 0. The van der Waals surface area contributed by atoms with E-state index < -0.39 is 0 Å². The molecular formula is C13H18O4. The fraction of sp³-hybridized carbons (Fsp3) is 0.538. The Morgan fingerprint density at radius 1 is 0.941 bits per heavy atom. The van der Waals surface area contributed by atoms with Gasteiger partial charge in [0.2, 0.25) is 0 Å². The van der Waals surface area contributed by atoms with Crippen LogP contribution in [-0.2, 0) is 19.1 Å². The van der Waals surface area contributed by atoms with Crippen molar-refractivity contribution in [1.29, 1.82) is 0 Å². The summed E-state index contributed by atoms with van der Waals surface area (Å²) in [5.74, 6) is -0.774. The lowest BCUT2D eigenvalue weighted by atomic mass is 10.3. The van der Waals surface area contributed by atoms with Crippen molar-refractivity contribution in [3.63, 3.8) is 0 Å². The lowest BCUT2D eigenvalue weighted by Crippen LogP contribution is -2.19. The summed E-state index contributed by atoms with van der Waals surface area (Å²) in [6.45, 7) is 10.2. The maximum Gasteiger partial charge on any atom is 0.333 e. The molecule has 0 aromatic rings. The third kappa shape index (κ3) is 4.06. The van der Waals surface area contributed by atoms with Crippen molar-refractivity contribution in [1.82, 2.24) is 0 Å². The highest BCUT2D eigenvalue weighted by molar-refractivity contribution is 5.87. The van der Waals surface area contributed by atoms with Crippen LogP contribution in [0.3, 0.4) is 0 Å². The predicted octanol–water partition coefficient (Wildman–Crippen LogP) is 2.15. The van der Waals surface area contributed by atoms with Crippen LogP contribution in [0.25, 0.3) is 0 Å². The number of esters is 2. The number of rotatable bonds is 4. The first-order valence-electron chi connectivity index (χ1n) is 5.63. The second-order valence-electron chi connectivity index (χ2n) is 4.43. The van der Waals surface area contributed by atoms with Gasteiger partial charge < -0.3 is 9.47 Å². The molecule has 94 valence electrons. The van der Waals surface area contributed by atoms with Gasteiger partial charge in [-0.2, -0.15) is 0 Å². The van der Waals surface area contributed by atoms with Crippen LogP contribution < -0.4 is 0 Å². The minimum absolute atomic E-state index is 0.179. The Hall–Kier alpha value is -1.58. The van der Waals surface area contributed by atoms with Crippen LogP contribution in [-0.4, -0.2) is 24.1 Å². The topological polar surface area (TPSA) is 52.6 Å². The first-order chi connectivity index (χ1) is 7.90. The van der Waals surface area contributed by atoms with Crippen LogP contribution in [0.15, 0.2) is 24.3 Å². The molecule has 2 atom stereocenters. The molecule has 0 aromatic heterocycles. The lowest BCUT2D eigenvalue weighted by Gasteiger charge is -2.13. The molecular weight excluding hydrogens is 220 g/mol. The van der Waals surface area contributed by atoms with E-state index in [1.54, 1.807) is 13.8 Å². The van der Waals surface area contributed by atoms with Crippen LogP contribution in [0, 0.1) is 0 Å². The molecule has 1 rings (SSSR count). The van der Waals surface area contributed by atoms with E-state index in [-0.39, 0.29) is 24.1 Å². The predicted molar refractivity (Wildman–Crippen MR) is 63.2 cm³/mol.